The van der Waals surface area contributed by atoms with Crippen LogP contribution in [0.2, 0.25) is 0 Å². The molecule has 21 heavy (non-hydrogen) atoms. The van der Waals surface area contributed by atoms with Gasteiger partial charge in [-0.3, -0.25) is 0 Å². The van der Waals surface area contributed by atoms with Crippen LogP contribution in [0.3, 0.4) is 0 Å². The monoisotopic (exact) mass is 274 g/mol. The number of para-hydroxylation sites is 1. The van der Waals surface area contributed by atoms with Crippen molar-refractivity contribution in [2.24, 2.45) is 0 Å². The molecule has 0 saturated carbocycles. The van der Waals surface area contributed by atoms with Gasteiger partial charge in [0.2, 0.25) is 5.76 Å². The van der Waals surface area contributed by atoms with Crippen LogP contribution >= 0.6 is 0 Å². The van der Waals surface area contributed by atoms with E-state index in [4.69, 9.17) is 19.7 Å². The van der Waals surface area contributed by atoms with Crippen molar-refractivity contribution >= 4 is 11.0 Å². The number of nitrogens with zero attached hydrogens (tertiary/aromatic N) is 2. The molecule has 0 spiro atoms. The Morgan fingerprint density at radius 3 is 2.52 bits per heavy atom. The third-order valence-electron chi connectivity index (χ3n) is 3.16. The van der Waals surface area contributed by atoms with Crippen LogP contribution in [0.1, 0.15) is 16.9 Å². The van der Waals surface area contributed by atoms with Crippen LogP contribution in [-0.4, -0.2) is 0 Å². The molecular weight excluding hydrogens is 264 g/mol. The first-order chi connectivity index (χ1) is 10.3. The van der Waals surface area contributed by atoms with Crippen molar-refractivity contribution < 1.29 is 9.15 Å². The second kappa shape index (κ2) is 5.40. The zero-order valence-electron chi connectivity index (χ0n) is 11.0. The SMILES string of the molecule is N#Cc1ccccc1COc1c(C#N)oc2ccccc12. The lowest BCUT2D eigenvalue weighted by Crippen LogP contribution is -1.98. The van der Waals surface area contributed by atoms with Gasteiger partial charge in [-0.15, -0.1) is 0 Å². The molecule has 4 heteroatoms. The van der Waals surface area contributed by atoms with Crippen molar-refractivity contribution in [1.82, 2.24) is 0 Å². The number of nitriles is 2. The standard InChI is InChI=1S/C17H10N2O2/c18-9-12-5-1-2-6-13(12)11-20-17-14-7-3-4-8-15(14)21-16(17)10-19/h1-8H,11H2. The maximum atomic E-state index is 9.14. The molecule has 0 fully saturated rings. The van der Waals surface area contributed by atoms with Crippen molar-refractivity contribution in [3.05, 3.63) is 65.4 Å². The second-order valence-corrected chi connectivity index (χ2v) is 4.43. The number of hydrogen-bond donors (Lipinski definition) is 0. The smallest absolute Gasteiger partial charge is 0.246 e. The number of hydrogen-bond acceptors (Lipinski definition) is 4. The predicted molar refractivity (Wildman–Crippen MR) is 76.4 cm³/mol. The Morgan fingerprint density at radius 1 is 0.952 bits per heavy atom. The highest BCUT2D eigenvalue weighted by molar-refractivity contribution is 5.86. The summed E-state index contributed by atoms with van der Waals surface area (Å²) in [6, 6.07) is 18.6. The fourth-order valence-electron chi connectivity index (χ4n) is 2.14. The minimum atomic E-state index is 0.144. The highest BCUT2D eigenvalue weighted by Gasteiger charge is 2.15. The number of ether oxygens (including phenoxy) is 1. The lowest BCUT2D eigenvalue weighted by molar-refractivity contribution is 0.303. The van der Waals surface area contributed by atoms with Gasteiger partial charge in [-0.05, 0) is 18.2 Å². The Labute approximate surface area is 121 Å². The van der Waals surface area contributed by atoms with Gasteiger partial charge in [-0.1, -0.05) is 30.3 Å². The molecule has 3 aromatic rings. The minimum Gasteiger partial charge on any atom is -0.483 e. The van der Waals surface area contributed by atoms with Crippen LogP contribution in [0.15, 0.2) is 52.9 Å². The molecule has 1 aromatic heterocycles. The van der Waals surface area contributed by atoms with Gasteiger partial charge in [0.1, 0.15) is 18.3 Å². The van der Waals surface area contributed by atoms with Gasteiger partial charge in [-0.25, -0.2) is 0 Å². The van der Waals surface area contributed by atoms with E-state index in [-0.39, 0.29) is 12.4 Å². The van der Waals surface area contributed by atoms with Crippen molar-refractivity contribution in [2.45, 2.75) is 6.61 Å². The molecule has 0 aliphatic rings. The van der Waals surface area contributed by atoms with Gasteiger partial charge < -0.3 is 9.15 Å². The van der Waals surface area contributed by atoms with E-state index in [1.165, 1.54) is 0 Å². The van der Waals surface area contributed by atoms with Crippen molar-refractivity contribution in [2.75, 3.05) is 0 Å². The summed E-state index contributed by atoms with van der Waals surface area (Å²) >= 11 is 0. The van der Waals surface area contributed by atoms with Gasteiger partial charge in [0.25, 0.3) is 0 Å². The molecule has 0 saturated heterocycles. The van der Waals surface area contributed by atoms with Crippen LogP contribution in [0.5, 0.6) is 5.75 Å². The summed E-state index contributed by atoms with van der Waals surface area (Å²) in [6.45, 7) is 0.210. The highest BCUT2D eigenvalue weighted by atomic mass is 16.5. The average molecular weight is 274 g/mol. The Hall–Kier alpha value is -3.24. The number of rotatable bonds is 3. The van der Waals surface area contributed by atoms with Gasteiger partial charge in [0.15, 0.2) is 5.75 Å². The topological polar surface area (TPSA) is 69.9 Å². The molecule has 0 aliphatic heterocycles. The van der Waals surface area contributed by atoms with E-state index in [1.54, 1.807) is 18.2 Å². The first-order valence-electron chi connectivity index (χ1n) is 6.36. The van der Waals surface area contributed by atoms with Crippen molar-refractivity contribution in [1.29, 1.82) is 10.5 Å². The molecule has 0 aliphatic carbocycles. The molecule has 100 valence electrons. The third-order valence-corrected chi connectivity index (χ3v) is 3.16. The normalized spacial score (nSPS) is 10.0. The lowest BCUT2D eigenvalue weighted by atomic mass is 10.1. The molecule has 4 nitrogen and oxygen atoms in total. The lowest BCUT2D eigenvalue weighted by Gasteiger charge is -2.06. The first kappa shape index (κ1) is 12.8. The van der Waals surface area contributed by atoms with E-state index < -0.39 is 0 Å². The van der Waals surface area contributed by atoms with E-state index in [2.05, 4.69) is 6.07 Å². The molecule has 0 unspecified atom stereocenters. The first-order valence-corrected chi connectivity index (χ1v) is 6.36. The quantitative estimate of drug-likeness (QED) is 0.729. The fraction of sp³-hybridized carbons (Fsp3) is 0.0588. The van der Waals surface area contributed by atoms with E-state index in [9.17, 15) is 0 Å². The Kier molecular flexibility index (Phi) is 3.29. The summed E-state index contributed by atoms with van der Waals surface area (Å²) in [6.07, 6.45) is 0. The highest BCUT2D eigenvalue weighted by Crippen LogP contribution is 2.33. The Balaban J connectivity index is 1.96. The molecule has 0 N–H and O–H groups in total. The molecule has 0 radical (unpaired) electrons. The van der Waals surface area contributed by atoms with Crippen LogP contribution in [0, 0.1) is 22.7 Å². The number of fused-ring (bicyclic) bond motifs is 1. The van der Waals surface area contributed by atoms with Gasteiger partial charge in [0, 0.05) is 5.56 Å². The third kappa shape index (κ3) is 2.31. The van der Waals surface area contributed by atoms with E-state index in [0.717, 1.165) is 10.9 Å². The molecule has 1 heterocycles. The summed E-state index contributed by atoms with van der Waals surface area (Å²) in [4.78, 5) is 0. The minimum absolute atomic E-state index is 0.144. The summed E-state index contributed by atoms with van der Waals surface area (Å²) in [7, 11) is 0. The zero-order chi connectivity index (χ0) is 14.7. The van der Waals surface area contributed by atoms with Crippen molar-refractivity contribution in [3.8, 4) is 17.9 Å². The van der Waals surface area contributed by atoms with E-state index in [0.29, 0.717) is 16.9 Å². The largest absolute Gasteiger partial charge is 0.483 e. The summed E-state index contributed by atoms with van der Waals surface area (Å²) < 4.78 is 11.2. The zero-order valence-corrected chi connectivity index (χ0v) is 11.0. The van der Waals surface area contributed by atoms with Gasteiger partial charge >= 0.3 is 0 Å². The summed E-state index contributed by atoms with van der Waals surface area (Å²) in [5.74, 6) is 0.562. The van der Waals surface area contributed by atoms with Gasteiger partial charge in [-0.2, -0.15) is 10.5 Å². The van der Waals surface area contributed by atoms with Crippen LogP contribution in [-0.2, 0) is 6.61 Å². The van der Waals surface area contributed by atoms with E-state index >= 15 is 0 Å². The predicted octanol–water partition coefficient (Wildman–Crippen LogP) is 3.76. The molecular formula is C17H10N2O2. The van der Waals surface area contributed by atoms with Crippen molar-refractivity contribution in [3.63, 3.8) is 0 Å². The number of furan rings is 1. The molecule has 0 bridgehead atoms. The van der Waals surface area contributed by atoms with Crippen LogP contribution < -0.4 is 4.74 Å². The maximum Gasteiger partial charge on any atom is 0.246 e. The Bertz CT molecular complexity index is 882. The molecule has 0 amide bonds. The molecule has 0 atom stereocenters. The molecule has 2 aromatic carbocycles. The summed E-state index contributed by atoms with van der Waals surface area (Å²) in [5.41, 5.74) is 1.94. The van der Waals surface area contributed by atoms with Gasteiger partial charge in [0.05, 0.1) is 17.0 Å². The van der Waals surface area contributed by atoms with Crippen LogP contribution in [0.4, 0.5) is 0 Å². The fourth-order valence-corrected chi connectivity index (χ4v) is 2.14. The maximum absolute atomic E-state index is 9.14. The Morgan fingerprint density at radius 2 is 1.71 bits per heavy atom. The average Bonchev–Trinajstić information content (AvgIpc) is 2.91. The van der Waals surface area contributed by atoms with E-state index in [1.807, 2.05) is 36.4 Å². The molecule has 3 rings (SSSR count). The second-order valence-electron chi connectivity index (χ2n) is 4.43. The number of benzene rings is 2. The summed E-state index contributed by atoms with van der Waals surface area (Å²) in [5, 5.41) is 19.0. The van der Waals surface area contributed by atoms with Crippen LogP contribution in [0.25, 0.3) is 11.0 Å².